The lowest BCUT2D eigenvalue weighted by Crippen LogP contribution is -2.56. The molecule has 0 aliphatic heterocycles. The lowest BCUT2D eigenvalue weighted by Gasteiger charge is -2.61. The highest BCUT2D eigenvalue weighted by Crippen LogP contribution is 2.87. The first-order valence-electron chi connectivity index (χ1n) is 12.8. The van der Waals surface area contributed by atoms with Gasteiger partial charge in [-0.3, -0.25) is 4.79 Å². The van der Waals surface area contributed by atoms with E-state index in [0.717, 1.165) is 58.9 Å². The van der Waals surface area contributed by atoms with Crippen LogP contribution in [-0.4, -0.2) is 23.1 Å². The molecule has 1 aromatic heterocycles. The van der Waals surface area contributed by atoms with E-state index in [-0.39, 0.29) is 12.1 Å². The van der Waals surface area contributed by atoms with Crippen molar-refractivity contribution in [3.8, 4) is 0 Å². The second kappa shape index (κ2) is 7.09. The topological polar surface area (TPSA) is 68.1 Å². The zero-order valence-corrected chi connectivity index (χ0v) is 19.8. The highest BCUT2D eigenvalue weighted by molar-refractivity contribution is 5.84. The standard InChI is InChI=1S/C28H38N2O2/c1-16-25-22(13-19-14-28(19,25)27(16,2)3)17-7-6-8-20(11-17)32-26(31)23(29)12-18-15-30-24-10-5-4-9-21(18)24/h4-5,9-10,15-17,19-20,22-23,25,30H,6-8,11-14,29H2,1-3H3/t16?,17?,19-,20?,22?,23?,25+,28?/m1/s1. The number of benzene rings is 1. The maximum atomic E-state index is 12.9. The van der Waals surface area contributed by atoms with Gasteiger partial charge in [0.2, 0.25) is 0 Å². The van der Waals surface area contributed by atoms with E-state index in [2.05, 4.69) is 31.8 Å². The second-order valence-corrected chi connectivity index (χ2v) is 12.0. The third-order valence-corrected chi connectivity index (χ3v) is 10.6. The normalized spacial score (nSPS) is 40.2. The van der Waals surface area contributed by atoms with E-state index in [1.54, 1.807) is 0 Å². The molecule has 172 valence electrons. The molecule has 1 aromatic carbocycles. The number of carbonyl (C=O) groups is 1. The van der Waals surface area contributed by atoms with E-state index in [1.807, 2.05) is 24.4 Å². The van der Waals surface area contributed by atoms with Gasteiger partial charge in [0.15, 0.2) is 0 Å². The van der Waals surface area contributed by atoms with Gasteiger partial charge in [0, 0.05) is 23.5 Å². The van der Waals surface area contributed by atoms with Crippen molar-refractivity contribution in [2.24, 2.45) is 46.2 Å². The first kappa shape index (κ1) is 20.8. The van der Waals surface area contributed by atoms with Crippen LogP contribution in [0.25, 0.3) is 10.9 Å². The Labute approximate surface area is 191 Å². The number of aromatic amines is 1. The first-order chi connectivity index (χ1) is 15.3. The fraction of sp³-hybridized carbons (Fsp3) is 0.679. The molecule has 6 unspecified atom stereocenters. The second-order valence-electron chi connectivity index (χ2n) is 12.0. The third kappa shape index (κ3) is 2.81. The fourth-order valence-corrected chi connectivity index (χ4v) is 8.76. The first-order valence-corrected chi connectivity index (χ1v) is 12.8. The van der Waals surface area contributed by atoms with Crippen LogP contribution in [0, 0.1) is 40.4 Å². The maximum absolute atomic E-state index is 12.9. The van der Waals surface area contributed by atoms with E-state index in [1.165, 1.54) is 25.7 Å². The Morgan fingerprint density at radius 2 is 2.06 bits per heavy atom. The minimum Gasteiger partial charge on any atom is -0.461 e. The largest absolute Gasteiger partial charge is 0.461 e. The number of aromatic nitrogens is 1. The van der Waals surface area contributed by atoms with E-state index in [4.69, 9.17) is 10.5 Å². The molecule has 0 radical (unpaired) electrons. The quantitative estimate of drug-likeness (QED) is 0.614. The van der Waals surface area contributed by atoms with E-state index >= 15 is 0 Å². The molecule has 6 rings (SSSR count). The minimum atomic E-state index is -0.607. The lowest BCUT2D eigenvalue weighted by atomic mass is 9.44. The molecule has 0 bridgehead atoms. The molecule has 4 fully saturated rings. The van der Waals surface area contributed by atoms with Gasteiger partial charge in [0.05, 0.1) is 0 Å². The van der Waals surface area contributed by atoms with Crippen LogP contribution in [-0.2, 0) is 16.0 Å². The van der Waals surface area contributed by atoms with Crippen molar-refractivity contribution in [3.63, 3.8) is 0 Å². The van der Waals surface area contributed by atoms with Gasteiger partial charge < -0.3 is 15.5 Å². The van der Waals surface area contributed by atoms with Crippen molar-refractivity contribution in [2.45, 2.75) is 77.9 Å². The average Bonchev–Trinajstić information content (AvgIpc) is 3.27. The fourth-order valence-electron chi connectivity index (χ4n) is 8.76. The molecule has 4 nitrogen and oxygen atoms in total. The monoisotopic (exact) mass is 434 g/mol. The van der Waals surface area contributed by atoms with Crippen molar-refractivity contribution in [2.75, 3.05) is 0 Å². The zero-order valence-electron chi connectivity index (χ0n) is 19.8. The molecular weight excluding hydrogens is 396 g/mol. The summed E-state index contributed by atoms with van der Waals surface area (Å²) in [6.07, 6.45) is 9.95. The van der Waals surface area contributed by atoms with Crippen LogP contribution in [0.2, 0.25) is 0 Å². The van der Waals surface area contributed by atoms with Crippen LogP contribution in [0.1, 0.15) is 64.9 Å². The summed E-state index contributed by atoms with van der Waals surface area (Å²) >= 11 is 0. The Morgan fingerprint density at radius 1 is 1.25 bits per heavy atom. The summed E-state index contributed by atoms with van der Waals surface area (Å²) in [6.45, 7) is 7.52. The van der Waals surface area contributed by atoms with E-state index in [9.17, 15) is 4.79 Å². The molecule has 2 aromatic rings. The number of para-hydroxylation sites is 1. The van der Waals surface area contributed by atoms with E-state index in [0.29, 0.717) is 17.3 Å². The predicted molar refractivity (Wildman–Crippen MR) is 127 cm³/mol. The van der Waals surface area contributed by atoms with Gasteiger partial charge in [-0.05, 0) is 90.6 Å². The van der Waals surface area contributed by atoms with Gasteiger partial charge in [0.25, 0.3) is 0 Å². The molecule has 1 heterocycles. The molecule has 4 saturated carbocycles. The van der Waals surface area contributed by atoms with Crippen LogP contribution in [0.4, 0.5) is 0 Å². The van der Waals surface area contributed by atoms with Gasteiger partial charge in [0.1, 0.15) is 12.1 Å². The van der Waals surface area contributed by atoms with Crippen molar-refractivity contribution < 1.29 is 9.53 Å². The molecule has 1 spiro atoms. The number of hydrogen-bond acceptors (Lipinski definition) is 3. The minimum absolute atomic E-state index is 0.0477. The molecule has 0 saturated heterocycles. The van der Waals surface area contributed by atoms with E-state index < -0.39 is 6.04 Å². The Hall–Kier alpha value is -1.81. The molecule has 0 amide bonds. The smallest absolute Gasteiger partial charge is 0.323 e. The highest BCUT2D eigenvalue weighted by atomic mass is 16.5. The Bertz CT molecular complexity index is 1040. The third-order valence-electron chi connectivity index (χ3n) is 10.6. The van der Waals surface area contributed by atoms with Crippen LogP contribution < -0.4 is 5.73 Å². The average molecular weight is 435 g/mol. The molecule has 4 heteroatoms. The van der Waals surface area contributed by atoms with Gasteiger partial charge in [-0.15, -0.1) is 0 Å². The summed E-state index contributed by atoms with van der Waals surface area (Å²) in [5.41, 5.74) is 9.65. The molecule has 3 N–H and O–H groups in total. The van der Waals surface area contributed by atoms with Gasteiger partial charge in [-0.2, -0.15) is 0 Å². The number of carbonyl (C=O) groups excluding carboxylic acids is 1. The lowest BCUT2D eigenvalue weighted by molar-refractivity contribution is -0.156. The molecule has 4 aliphatic rings. The van der Waals surface area contributed by atoms with Crippen molar-refractivity contribution in [1.82, 2.24) is 4.98 Å². The molecule has 4 aliphatic carbocycles. The maximum Gasteiger partial charge on any atom is 0.323 e. The van der Waals surface area contributed by atoms with Gasteiger partial charge >= 0.3 is 5.97 Å². The number of nitrogens with one attached hydrogen (secondary N) is 1. The predicted octanol–water partition coefficient (Wildman–Crippen LogP) is 5.46. The Morgan fingerprint density at radius 3 is 2.91 bits per heavy atom. The van der Waals surface area contributed by atoms with Gasteiger partial charge in [-0.1, -0.05) is 39.0 Å². The number of hydrogen-bond donors (Lipinski definition) is 2. The number of H-pyrrole nitrogens is 1. The summed E-state index contributed by atoms with van der Waals surface area (Å²) in [6, 6.07) is 7.55. The molecule has 32 heavy (non-hydrogen) atoms. The van der Waals surface area contributed by atoms with Crippen LogP contribution in [0.5, 0.6) is 0 Å². The number of esters is 1. The summed E-state index contributed by atoms with van der Waals surface area (Å²) < 4.78 is 6.01. The Balaban J connectivity index is 1.08. The van der Waals surface area contributed by atoms with Crippen LogP contribution in [0.3, 0.4) is 0 Å². The molecular formula is C28H38N2O2. The zero-order chi connectivity index (χ0) is 22.3. The highest BCUT2D eigenvalue weighted by Gasteiger charge is 2.81. The van der Waals surface area contributed by atoms with Crippen molar-refractivity contribution in [3.05, 3.63) is 36.0 Å². The van der Waals surface area contributed by atoms with Crippen LogP contribution >= 0.6 is 0 Å². The number of ether oxygens (including phenoxy) is 1. The SMILES string of the molecule is CC1[C@H]2C(C3CCCC(OC(=O)C(N)Cc4c[nH]c5ccccc45)C3)C[C@@H]3CC32C1(C)C. The van der Waals surface area contributed by atoms with Crippen LogP contribution in [0.15, 0.2) is 30.5 Å². The number of nitrogens with two attached hydrogens (primary N) is 1. The summed E-state index contributed by atoms with van der Waals surface area (Å²) in [5, 5.41) is 1.14. The number of fused-ring (bicyclic) bond motifs is 1. The summed E-state index contributed by atoms with van der Waals surface area (Å²) in [7, 11) is 0. The van der Waals surface area contributed by atoms with Gasteiger partial charge in [-0.25, -0.2) is 0 Å². The summed E-state index contributed by atoms with van der Waals surface area (Å²) in [4.78, 5) is 16.1. The summed E-state index contributed by atoms with van der Waals surface area (Å²) in [5.74, 6) is 4.04. The van der Waals surface area contributed by atoms with Crippen molar-refractivity contribution in [1.29, 1.82) is 0 Å². The Kier molecular flexibility index (Phi) is 4.60. The molecule has 8 atom stereocenters. The van der Waals surface area contributed by atoms with Crippen molar-refractivity contribution >= 4 is 16.9 Å². The number of rotatable bonds is 5.